The number of benzene rings is 1. The number of hydrogen-bond donors (Lipinski definition) is 2. The normalized spacial score (nSPS) is 19.2. The van der Waals surface area contributed by atoms with Crippen molar-refractivity contribution in [3.05, 3.63) is 24.3 Å². The van der Waals surface area contributed by atoms with Gasteiger partial charge in [-0.3, -0.25) is 4.79 Å². The fourth-order valence-electron chi connectivity index (χ4n) is 3.25. The van der Waals surface area contributed by atoms with Gasteiger partial charge >= 0.3 is 5.97 Å². The topological polar surface area (TPSA) is 113 Å². The summed E-state index contributed by atoms with van der Waals surface area (Å²) in [5, 5.41) is 11.9. The van der Waals surface area contributed by atoms with Crippen molar-refractivity contribution in [2.45, 2.75) is 44.0 Å². The van der Waals surface area contributed by atoms with E-state index in [0.29, 0.717) is 31.6 Å². The van der Waals surface area contributed by atoms with Crippen LogP contribution in [0.1, 0.15) is 33.1 Å². The summed E-state index contributed by atoms with van der Waals surface area (Å²) in [4.78, 5) is 24.1. The van der Waals surface area contributed by atoms with E-state index >= 15 is 0 Å². The lowest BCUT2D eigenvalue weighted by Crippen LogP contribution is -2.49. The molecule has 1 amide bonds. The maximum absolute atomic E-state index is 12.9. The van der Waals surface area contributed by atoms with Gasteiger partial charge in [-0.1, -0.05) is 13.8 Å². The molecule has 1 aromatic carbocycles. The van der Waals surface area contributed by atoms with Gasteiger partial charge in [0.05, 0.1) is 17.9 Å². The summed E-state index contributed by atoms with van der Waals surface area (Å²) in [5.74, 6) is -1.40. The Labute approximate surface area is 165 Å². The monoisotopic (exact) mass is 412 g/mol. The van der Waals surface area contributed by atoms with Crippen LogP contribution in [0, 0.1) is 11.8 Å². The number of carbonyl (C=O) groups is 2. The second-order valence-corrected chi connectivity index (χ2v) is 9.34. The van der Waals surface area contributed by atoms with Crippen molar-refractivity contribution >= 4 is 21.9 Å². The molecule has 1 heterocycles. The molecule has 2 N–H and O–H groups in total. The standard InChI is InChI=1S/C19H28N2O6S/c1-13(2)11-17(19(23)24)20-18(22)14-5-4-10-21(12-14)28(25,26)16-8-6-15(27-3)7-9-16/h6-9,13-14,17H,4-5,10-12H2,1-3H3,(H,20,22)(H,23,24)/t14-,17-/m0/s1. The third kappa shape index (κ3) is 5.45. The Balaban J connectivity index is 2.09. The highest BCUT2D eigenvalue weighted by Gasteiger charge is 2.34. The van der Waals surface area contributed by atoms with Crippen LogP contribution in [0.3, 0.4) is 0 Å². The van der Waals surface area contributed by atoms with Gasteiger partial charge in [0, 0.05) is 13.1 Å². The summed E-state index contributed by atoms with van der Waals surface area (Å²) in [6.45, 7) is 4.12. The van der Waals surface area contributed by atoms with Gasteiger partial charge in [-0.2, -0.15) is 4.31 Å². The minimum absolute atomic E-state index is 0.0359. The zero-order valence-electron chi connectivity index (χ0n) is 16.4. The van der Waals surface area contributed by atoms with Gasteiger partial charge < -0.3 is 15.2 Å². The van der Waals surface area contributed by atoms with Crippen LogP contribution in [0.25, 0.3) is 0 Å². The number of hydrogen-bond acceptors (Lipinski definition) is 5. The van der Waals surface area contributed by atoms with Gasteiger partial charge in [0.1, 0.15) is 11.8 Å². The fourth-order valence-corrected chi connectivity index (χ4v) is 4.78. The molecule has 0 bridgehead atoms. The predicted molar refractivity (Wildman–Crippen MR) is 103 cm³/mol. The first kappa shape index (κ1) is 22.2. The molecule has 0 spiro atoms. The molecule has 156 valence electrons. The first-order valence-corrected chi connectivity index (χ1v) is 10.8. The zero-order valence-corrected chi connectivity index (χ0v) is 17.2. The number of sulfonamides is 1. The van der Waals surface area contributed by atoms with E-state index < -0.39 is 33.9 Å². The lowest BCUT2D eigenvalue weighted by atomic mass is 9.97. The number of ether oxygens (including phenoxy) is 1. The summed E-state index contributed by atoms with van der Waals surface area (Å²) >= 11 is 0. The molecule has 2 atom stereocenters. The number of amides is 1. The average Bonchev–Trinajstić information content (AvgIpc) is 2.67. The molecular weight excluding hydrogens is 384 g/mol. The highest BCUT2D eigenvalue weighted by atomic mass is 32.2. The Hall–Kier alpha value is -2.13. The molecule has 1 saturated heterocycles. The molecule has 9 heteroatoms. The van der Waals surface area contributed by atoms with E-state index in [-0.39, 0.29) is 17.4 Å². The molecule has 0 radical (unpaired) electrons. The number of rotatable bonds is 8. The fraction of sp³-hybridized carbons (Fsp3) is 0.579. The summed E-state index contributed by atoms with van der Waals surface area (Å²) in [6.07, 6.45) is 1.38. The molecule has 1 aromatic rings. The number of piperidine rings is 1. The van der Waals surface area contributed by atoms with Crippen molar-refractivity contribution in [1.82, 2.24) is 9.62 Å². The van der Waals surface area contributed by atoms with E-state index in [2.05, 4.69) is 5.32 Å². The van der Waals surface area contributed by atoms with Crippen LogP contribution in [0.2, 0.25) is 0 Å². The molecule has 28 heavy (non-hydrogen) atoms. The summed E-state index contributed by atoms with van der Waals surface area (Å²) in [6, 6.07) is 5.12. The van der Waals surface area contributed by atoms with E-state index in [1.807, 2.05) is 13.8 Å². The van der Waals surface area contributed by atoms with Crippen molar-refractivity contribution in [2.24, 2.45) is 11.8 Å². The molecular formula is C19H28N2O6S. The van der Waals surface area contributed by atoms with E-state index in [4.69, 9.17) is 4.74 Å². The maximum Gasteiger partial charge on any atom is 0.326 e. The molecule has 2 rings (SSSR count). The van der Waals surface area contributed by atoms with Crippen molar-refractivity contribution in [1.29, 1.82) is 0 Å². The smallest absolute Gasteiger partial charge is 0.326 e. The molecule has 0 unspecified atom stereocenters. The quantitative estimate of drug-likeness (QED) is 0.672. The van der Waals surface area contributed by atoms with Gasteiger partial charge in [0.15, 0.2) is 0 Å². The Kier molecular flexibility index (Phi) is 7.42. The van der Waals surface area contributed by atoms with Crippen LogP contribution in [-0.4, -0.2) is 55.9 Å². The lowest BCUT2D eigenvalue weighted by molar-refractivity contribution is -0.143. The largest absolute Gasteiger partial charge is 0.497 e. The number of carboxylic acids is 1. The van der Waals surface area contributed by atoms with Gasteiger partial charge in [0.25, 0.3) is 0 Å². The Morgan fingerprint density at radius 1 is 1.29 bits per heavy atom. The molecule has 0 saturated carbocycles. The molecule has 0 aromatic heterocycles. The Morgan fingerprint density at radius 2 is 1.93 bits per heavy atom. The highest BCUT2D eigenvalue weighted by molar-refractivity contribution is 7.89. The average molecular weight is 413 g/mol. The molecule has 1 fully saturated rings. The number of carboxylic acid groups (broad SMARTS) is 1. The zero-order chi connectivity index (χ0) is 20.9. The first-order chi connectivity index (χ1) is 13.1. The molecule has 8 nitrogen and oxygen atoms in total. The van der Waals surface area contributed by atoms with Crippen molar-refractivity contribution < 1.29 is 27.9 Å². The van der Waals surface area contributed by atoms with Crippen LogP contribution < -0.4 is 10.1 Å². The first-order valence-electron chi connectivity index (χ1n) is 9.32. The van der Waals surface area contributed by atoms with Crippen LogP contribution in [0.15, 0.2) is 29.2 Å². The summed E-state index contributed by atoms with van der Waals surface area (Å²) in [7, 11) is -2.23. The summed E-state index contributed by atoms with van der Waals surface area (Å²) in [5.41, 5.74) is 0. The van der Waals surface area contributed by atoms with E-state index in [0.717, 1.165) is 0 Å². The second-order valence-electron chi connectivity index (χ2n) is 7.41. The highest BCUT2D eigenvalue weighted by Crippen LogP contribution is 2.25. The van der Waals surface area contributed by atoms with E-state index in [1.165, 1.54) is 23.5 Å². The SMILES string of the molecule is COc1ccc(S(=O)(=O)N2CCC[C@H](C(=O)N[C@@H](CC(C)C)C(=O)O)C2)cc1. The van der Waals surface area contributed by atoms with E-state index in [1.54, 1.807) is 12.1 Å². The van der Waals surface area contributed by atoms with Crippen LogP contribution >= 0.6 is 0 Å². The van der Waals surface area contributed by atoms with Gasteiger partial charge in [-0.05, 0) is 49.4 Å². The van der Waals surface area contributed by atoms with Crippen molar-refractivity contribution in [2.75, 3.05) is 20.2 Å². The van der Waals surface area contributed by atoms with Crippen LogP contribution in [-0.2, 0) is 19.6 Å². The van der Waals surface area contributed by atoms with Gasteiger partial charge in [-0.25, -0.2) is 13.2 Å². The number of carbonyl (C=O) groups excluding carboxylic acids is 1. The number of nitrogens with one attached hydrogen (secondary N) is 1. The number of nitrogens with zero attached hydrogens (tertiary/aromatic N) is 1. The minimum Gasteiger partial charge on any atom is -0.497 e. The maximum atomic E-state index is 12.9. The third-order valence-corrected chi connectivity index (χ3v) is 6.65. The number of aliphatic carboxylic acids is 1. The van der Waals surface area contributed by atoms with Crippen molar-refractivity contribution in [3.8, 4) is 5.75 Å². The molecule has 1 aliphatic rings. The lowest BCUT2D eigenvalue weighted by Gasteiger charge is -2.32. The second kappa shape index (κ2) is 9.38. The summed E-state index contributed by atoms with van der Waals surface area (Å²) < 4.78 is 32.1. The Morgan fingerprint density at radius 3 is 2.46 bits per heavy atom. The van der Waals surface area contributed by atoms with E-state index in [9.17, 15) is 23.1 Å². The minimum atomic E-state index is -3.74. The Bertz CT molecular complexity index is 791. The van der Waals surface area contributed by atoms with Crippen LogP contribution in [0.5, 0.6) is 5.75 Å². The van der Waals surface area contributed by atoms with Crippen molar-refractivity contribution in [3.63, 3.8) is 0 Å². The third-order valence-electron chi connectivity index (χ3n) is 4.77. The molecule has 0 aliphatic carbocycles. The molecule has 1 aliphatic heterocycles. The number of methoxy groups -OCH3 is 1. The van der Waals surface area contributed by atoms with Crippen LogP contribution in [0.4, 0.5) is 0 Å². The van der Waals surface area contributed by atoms with Gasteiger partial charge in [0.2, 0.25) is 15.9 Å². The predicted octanol–water partition coefficient (Wildman–Crippen LogP) is 1.71. The van der Waals surface area contributed by atoms with Gasteiger partial charge in [-0.15, -0.1) is 0 Å².